The number of rotatable bonds is 2. The lowest BCUT2D eigenvalue weighted by molar-refractivity contribution is -0.134. The minimum Gasteiger partial charge on any atom is -0.441 e. The number of piperazine rings is 1. The number of hydrogen-bond donors (Lipinski definition) is 2. The number of oxazole rings is 1. The molecule has 2 aliphatic heterocycles. The Bertz CT molecular complexity index is 782. The van der Waals surface area contributed by atoms with Crippen LogP contribution in [0.3, 0.4) is 0 Å². The van der Waals surface area contributed by atoms with Crippen LogP contribution in [0.25, 0.3) is 11.5 Å². The van der Waals surface area contributed by atoms with Crippen molar-refractivity contribution in [2.24, 2.45) is 0 Å². The van der Waals surface area contributed by atoms with Crippen molar-refractivity contribution in [2.75, 3.05) is 26.2 Å². The summed E-state index contributed by atoms with van der Waals surface area (Å²) in [6.45, 7) is 3.10. The molecule has 8 heteroatoms. The molecule has 0 bridgehead atoms. The van der Waals surface area contributed by atoms with Crippen molar-refractivity contribution in [3.8, 4) is 11.5 Å². The largest absolute Gasteiger partial charge is 0.441 e. The van der Waals surface area contributed by atoms with E-state index in [0.717, 1.165) is 19.2 Å². The zero-order valence-corrected chi connectivity index (χ0v) is 13.5. The number of aromatic nitrogens is 1. The molecule has 3 heterocycles. The van der Waals surface area contributed by atoms with Gasteiger partial charge in [-0.3, -0.25) is 4.79 Å². The highest BCUT2D eigenvalue weighted by Gasteiger charge is 2.30. The second kappa shape index (κ2) is 6.53. The van der Waals surface area contributed by atoms with E-state index >= 15 is 0 Å². The fraction of sp³-hybridized carbons (Fsp3) is 0.412. The monoisotopic (exact) mass is 348 g/mol. The van der Waals surface area contributed by atoms with E-state index in [9.17, 15) is 13.6 Å². The van der Waals surface area contributed by atoms with Gasteiger partial charge >= 0.3 is 0 Å². The lowest BCUT2D eigenvalue weighted by Crippen LogP contribution is -2.57. The molecule has 1 aromatic carbocycles. The first-order chi connectivity index (χ1) is 12.1. The smallest absolute Gasteiger partial charge is 0.241 e. The van der Waals surface area contributed by atoms with Gasteiger partial charge in [0.1, 0.15) is 23.1 Å². The Balaban J connectivity index is 1.53. The van der Waals surface area contributed by atoms with Crippen molar-refractivity contribution in [1.29, 1.82) is 0 Å². The molecular weight excluding hydrogens is 330 g/mol. The number of carbonyl (C=O) groups is 1. The number of amides is 1. The predicted octanol–water partition coefficient (Wildman–Crippen LogP) is 1.07. The van der Waals surface area contributed by atoms with Crippen LogP contribution in [0, 0.1) is 11.6 Å². The fourth-order valence-electron chi connectivity index (χ4n) is 3.24. The zero-order valence-electron chi connectivity index (χ0n) is 13.5. The van der Waals surface area contributed by atoms with Gasteiger partial charge < -0.3 is 20.0 Å². The second-order valence-corrected chi connectivity index (χ2v) is 6.27. The van der Waals surface area contributed by atoms with Crippen LogP contribution < -0.4 is 10.6 Å². The molecule has 0 aliphatic carbocycles. The third kappa shape index (κ3) is 3.27. The summed E-state index contributed by atoms with van der Waals surface area (Å²) in [7, 11) is 0. The lowest BCUT2D eigenvalue weighted by Gasteiger charge is -2.31. The number of benzene rings is 1. The van der Waals surface area contributed by atoms with E-state index in [1.165, 1.54) is 12.1 Å². The van der Waals surface area contributed by atoms with Gasteiger partial charge in [0.2, 0.25) is 11.8 Å². The molecule has 4 rings (SSSR count). The number of nitrogens with one attached hydrogen (secondary N) is 2. The molecule has 0 saturated carbocycles. The molecule has 0 unspecified atom stereocenters. The maximum Gasteiger partial charge on any atom is 0.241 e. The molecular formula is C17H18F2N4O2. The summed E-state index contributed by atoms with van der Waals surface area (Å²) in [4.78, 5) is 18.7. The summed E-state index contributed by atoms with van der Waals surface area (Å²) >= 11 is 0. The Morgan fingerprint density at radius 1 is 1.24 bits per heavy atom. The van der Waals surface area contributed by atoms with E-state index in [-0.39, 0.29) is 23.4 Å². The molecule has 0 spiro atoms. The van der Waals surface area contributed by atoms with E-state index in [2.05, 4.69) is 15.6 Å². The first-order valence-electron chi connectivity index (χ1n) is 8.28. The van der Waals surface area contributed by atoms with Crippen LogP contribution in [0.5, 0.6) is 0 Å². The van der Waals surface area contributed by atoms with Gasteiger partial charge in [-0.25, -0.2) is 13.8 Å². The molecule has 2 N–H and O–H groups in total. The Labute approximate surface area is 143 Å². The van der Waals surface area contributed by atoms with E-state index in [4.69, 9.17) is 4.42 Å². The second-order valence-electron chi connectivity index (χ2n) is 6.27. The third-order valence-electron chi connectivity index (χ3n) is 4.49. The molecule has 1 aromatic heterocycles. The minimum absolute atomic E-state index is 0.0270. The first-order valence-corrected chi connectivity index (χ1v) is 8.28. The zero-order chi connectivity index (χ0) is 17.4. The molecule has 25 heavy (non-hydrogen) atoms. The van der Waals surface area contributed by atoms with Gasteiger partial charge in [0.05, 0.1) is 12.6 Å². The summed E-state index contributed by atoms with van der Waals surface area (Å²) in [6.07, 6.45) is 0.534. The van der Waals surface area contributed by atoms with Gasteiger partial charge in [0, 0.05) is 44.2 Å². The van der Waals surface area contributed by atoms with Crippen molar-refractivity contribution in [3.05, 3.63) is 41.3 Å². The number of halogens is 2. The summed E-state index contributed by atoms with van der Waals surface area (Å²) in [6, 6.07) is 2.93. The van der Waals surface area contributed by atoms with Gasteiger partial charge in [0.25, 0.3) is 0 Å². The molecule has 1 amide bonds. The van der Waals surface area contributed by atoms with E-state index in [0.29, 0.717) is 37.5 Å². The van der Waals surface area contributed by atoms with Crippen molar-refractivity contribution in [2.45, 2.75) is 19.0 Å². The summed E-state index contributed by atoms with van der Waals surface area (Å²) < 4.78 is 32.5. The average Bonchev–Trinajstić information content (AvgIpc) is 3.04. The minimum atomic E-state index is -0.682. The van der Waals surface area contributed by atoms with Gasteiger partial charge in [-0.15, -0.1) is 0 Å². The van der Waals surface area contributed by atoms with E-state index in [1.54, 1.807) is 4.90 Å². The molecule has 2 aromatic rings. The average molecular weight is 348 g/mol. The van der Waals surface area contributed by atoms with Crippen molar-refractivity contribution in [1.82, 2.24) is 20.5 Å². The summed E-state index contributed by atoms with van der Waals surface area (Å²) in [5.41, 5.74) is 0.894. The topological polar surface area (TPSA) is 70.4 Å². The van der Waals surface area contributed by atoms with Crippen molar-refractivity contribution < 1.29 is 18.0 Å². The van der Waals surface area contributed by atoms with Gasteiger partial charge in [0.15, 0.2) is 0 Å². The normalized spacial score (nSPS) is 20.4. The SMILES string of the molecule is O=C([C@@H]1CNCCN1)N1CCc2oc(-c3cc(F)cc(F)c3)nc2C1. The molecule has 132 valence electrons. The van der Waals surface area contributed by atoms with E-state index in [1.807, 2.05) is 0 Å². The van der Waals surface area contributed by atoms with Crippen molar-refractivity contribution >= 4 is 5.91 Å². The fourth-order valence-corrected chi connectivity index (χ4v) is 3.24. The van der Waals surface area contributed by atoms with Gasteiger partial charge in [-0.1, -0.05) is 0 Å². The quantitative estimate of drug-likeness (QED) is 0.850. The van der Waals surface area contributed by atoms with Crippen LogP contribution in [0.2, 0.25) is 0 Å². The Morgan fingerprint density at radius 3 is 2.76 bits per heavy atom. The Kier molecular flexibility index (Phi) is 4.22. The maximum absolute atomic E-state index is 13.4. The van der Waals surface area contributed by atoms with Crippen molar-refractivity contribution in [3.63, 3.8) is 0 Å². The van der Waals surface area contributed by atoms with Gasteiger partial charge in [-0.2, -0.15) is 0 Å². The highest BCUT2D eigenvalue weighted by molar-refractivity contribution is 5.82. The standard InChI is InChI=1S/C17H18F2N4O2/c18-11-5-10(6-12(19)7-11)16-22-14-9-23(4-1-15(14)25-16)17(24)13-8-20-2-3-21-13/h5-7,13,20-21H,1-4,8-9H2/t13-/m0/s1. The maximum atomic E-state index is 13.4. The van der Waals surface area contributed by atoms with Crippen LogP contribution in [0.15, 0.2) is 22.6 Å². The summed E-state index contributed by atoms with van der Waals surface area (Å²) in [5, 5.41) is 6.40. The Hall–Kier alpha value is -2.32. The molecule has 2 aliphatic rings. The highest BCUT2D eigenvalue weighted by Crippen LogP contribution is 2.27. The van der Waals surface area contributed by atoms with Crippen LogP contribution in [0.1, 0.15) is 11.5 Å². The number of hydrogen-bond acceptors (Lipinski definition) is 5. The molecule has 1 atom stereocenters. The van der Waals surface area contributed by atoms with Crippen LogP contribution >= 0.6 is 0 Å². The molecule has 1 saturated heterocycles. The van der Waals surface area contributed by atoms with Crippen LogP contribution in [-0.2, 0) is 17.8 Å². The van der Waals surface area contributed by atoms with Gasteiger partial charge in [-0.05, 0) is 12.1 Å². The first kappa shape index (κ1) is 16.2. The number of nitrogens with zero attached hydrogens (tertiary/aromatic N) is 2. The molecule has 0 radical (unpaired) electrons. The third-order valence-corrected chi connectivity index (χ3v) is 4.49. The van der Waals surface area contributed by atoms with E-state index < -0.39 is 11.6 Å². The number of fused-ring (bicyclic) bond motifs is 1. The highest BCUT2D eigenvalue weighted by atomic mass is 19.1. The molecule has 6 nitrogen and oxygen atoms in total. The molecule has 1 fully saturated rings. The van der Waals surface area contributed by atoms with Crippen LogP contribution in [0.4, 0.5) is 8.78 Å². The lowest BCUT2D eigenvalue weighted by atomic mass is 10.1. The number of carbonyl (C=O) groups excluding carboxylic acids is 1. The Morgan fingerprint density at radius 2 is 2.04 bits per heavy atom. The summed E-state index contributed by atoms with van der Waals surface area (Å²) in [5.74, 6) is -0.495. The van der Waals surface area contributed by atoms with Crippen LogP contribution in [-0.4, -0.2) is 48.0 Å². The predicted molar refractivity (Wildman–Crippen MR) is 85.6 cm³/mol.